The topological polar surface area (TPSA) is 72.2 Å². The molecular formula is C14H17F3N2O3S. The molecule has 0 atom stereocenters. The van der Waals surface area contributed by atoms with Crippen LogP contribution in [0, 0.1) is 16.0 Å². The first kappa shape index (κ1) is 19.3. The van der Waals surface area contributed by atoms with Crippen LogP contribution in [0.5, 0.6) is 0 Å². The van der Waals surface area contributed by atoms with Crippen molar-refractivity contribution in [2.24, 2.45) is 5.92 Å². The number of amides is 1. The molecule has 128 valence electrons. The molecule has 0 aliphatic rings. The molecule has 0 aliphatic carbocycles. The smallest absolute Gasteiger partial charge is 0.355 e. The second-order valence-electron chi connectivity index (χ2n) is 5.26. The van der Waals surface area contributed by atoms with Gasteiger partial charge >= 0.3 is 6.18 Å². The van der Waals surface area contributed by atoms with Crippen LogP contribution in [0.3, 0.4) is 0 Å². The van der Waals surface area contributed by atoms with E-state index in [9.17, 15) is 28.1 Å². The van der Waals surface area contributed by atoms with Gasteiger partial charge in [0, 0.05) is 12.6 Å². The normalized spacial score (nSPS) is 11.6. The highest BCUT2D eigenvalue weighted by atomic mass is 32.2. The highest BCUT2D eigenvalue weighted by Crippen LogP contribution is 2.36. The Balaban J connectivity index is 2.73. The first-order valence-electron chi connectivity index (χ1n) is 6.86. The average molecular weight is 350 g/mol. The summed E-state index contributed by atoms with van der Waals surface area (Å²) < 4.78 is 37.8. The fourth-order valence-electron chi connectivity index (χ4n) is 1.65. The number of nitrogens with one attached hydrogen (secondary N) is 1. The van der Waals surface area contributed by atoms with Gasteiger partial charge in [-0.05, 0) is 24.5 Å². The molecule has 0 spiro atoms. The van der Waals surface area contributed by atoms with Gasteiger partial charge in [-0.2, -0.15) is 13.2 Å². The van der Waals surface area contributed by atoms with Gasteiger partial charge in [0.15, 0.2) is 0 Å². The summed E-state index contributed by atoms with van der Waals surface area (Å²) >= 11 is 0.841. The number of thioether (sulfide) groups is 1. The molecule has 5 nitrogen and oxygen atoms in total. The van der Waals surface area contributed by atoms with Crippen molar-refractivity contribution in [3.8, 4) is 0 Å². The summed E-state index contributed by atoms with van der Waals surface area (Å²) in [7, 11) is 0. The molecule has 0 aliphatic heterocycles. The quantitative estimate of drug-likeness (QED) is 0.460. The number of nitro groups is 1. The van der Waals surface area contributed by atoms with E-state index >= 15 is 0 Å². The van der Waals surface area contributed by atoms with E-state index in [1.165, 1.54) is 0 Å². The largest absolute Gasteiger partial charge is 0.416 e. The van der Waals surface area contributed by atoms with Crippen LogP contribution in [-0.4, -0.2) is 23.1 Å². The number of rotatable bonds is 7. The van der Waals surface area contributed by atoms with Crippen LogP contribution >= 0.6 is 11.8 Å². The van der Waals surface area contributed by atoms with Crippen molar-refractivity contribution >= 4 is 23.4 Å². The zero-order valence-electron chi connectivity index (χ0n) is 12.6. The fourth-order valence-corrected chi connectivity index (χ4v) is 2.49. The first-order chi connectivity index (χ1) is 10.6. The molecule has 1 aromatic carbocycles. The van der Waals surface area contributed by atoms with Crippen molar-refractivity contribution < 1.29 is 22.9 Å². The van der Waals surface area contributed by atoms with Gasteiger partial charge < -0.3 is 5.32 Å². The van der Waals surface area contributed by atoms with Crippen molar-refractivity contribution in [2.45, 2.75) is 31.3 Å². The van der Waals surface area contributed by atoms with Gasteiger partial charge in [0.1, 0.15) is 0 Å². The van der Waals surface area contributed by atoms with Crippen LogP contribution < -0.4 is 5.32 Å². The number of alkyl halides is 3. The van der Waals surface area contributed by atoms with E-state index in [1.807, 2.05) is 13.8 Å². The first-order valence-corrected chi connectivity index (χ1v) is 7.85. The fraction of sp³-hybridized carbons (Fsp3) is 0.500. The van der Waals surface area contributed by atoms with E-state index in [0.717, 1.165) is 30.3 Å². The van der Waals surface area contributed by atoms with E-state index in [-0.39, 0.29) is 16.6 Å². The molecule has 0 unspecified atom stereocenters. The molecule has 0 radical (unpaired) electrons. The highest BCUT2D eigenvalue weighted by molar-refractivity contribution is 8.00. The van der Waals surface area contributed by atoms with E-state index in [0.29, 0.717) is 18.5 Å². The molecule has 9 heteroatoms. The van der Waals surface area contributed by atoms with E-state index in [4.69, 9.17) is 0 Å². The lowest BCUT2D eigenvalue weighted by Gasteiger charge is -2.09. The third-order valence-electron chi connectivity index (χ3n) is 2.89. The van der Waals surface area contributed by atoms with Crippen LogP contribution in [0.4, 0.5) is 18.9 Å². The van der Waals surface area contributed by atoms with Crippen LogP contribution in [0.25, 0.3) is 0 Å². The number of hydrogen-bond acceptors (Lipinski definition) is 4. The molecule has 23 heavy (non-hydrogen) atoms. The van der Waals surface area contributed by atoms with Gasteiger partial charge in [0.2, 0.25) is 5.91 Å². The Morgan fingerprint density at radius 2 is 2.04 bits per heavy atom. The molecule has 0 heterocycles. The molecule has 0 fully saturated rings. The summed E-state index contributed by atoms with van der Waals surface area (Å²) in [5.41, 5.74) is -1.74. The molecule has 0 saturated carbocycles. The lowest BCUT2D eigenvalue weighted by atomic mass is 10.1. The maximum Gasteiger partial charge on any atom is 0.416 e. The zero-order chi connectivity index (χ0) is 17.6. The van der Waals surface area contributed by atoms with Crippen LogP contribution in [0.15, 0.2) is 23.1 Å². The summed E-state index contributed by atoms with van der Waals surface area (Å²) in [4.78, 5) is 21.7. The van der Waals surface area contributed by atoms with Crippen molar-refractivity contribution in [3.05, 3.63) is 33.9 Å². The molecule has 1 aromatic rings. The second-order valence-corrected chi connectivity index (χ2v) is 6.28. The molecule has 1 rings (SSSR count). The molecule has 0 aromatic heterocycles. The minimum absolute atomic E-state index is 0.0296. The van der Waals surface area contributed by atoms with E-state index in [1.54, 1.807) is 0 Å². The van der Waals surface area contributed by atoms with Gasteiger partial charge in [-0.25, -0.2) is 0 Å². The Bertz CT molecular complexity index is 577. The van der Waals surface area contributed by atoms with Crippen molar-refractivity contribution in [3.63, 3.8) is 0 Å². The highest BCUT2D eigenvalue weighted by Gasteiger charge is 2.33. The van der Waals surface area contributed by atoms with Crippen molar-refractivity contribution in [1.82, 2.24) is 5.32 Å². The predicted octanol–water partition coefficient (Wildman–Crippen LogP) is 3.87. The standard InChI is InChI=1S/C14H17F3N2O3S/c1-9(2)5-6-18-13(20)8-23-12-4-3-10(14(15,16)17)7-11(12)19(21)22/h3-4,7,9H,5-6,8H2,1-2H3,(H,18,20). The third kappa shape index (κ3) is 6.47. The number of benzene rings is 1. The lowest BCUT2D eigenvalue weighted by Crippen LogP contribution is -2.26. The van der Waals surface area contributed by atoms with Gasteiger partial charge in [-0.15, -0.1) is 11.8 Å². The van der Waals surface area contributed by atoms with Gasteiger partial charge in [0.25, 0.3) is 5.69 Å². The zero-order valence-corrected chi connectivity index (χ0v) is 13.5. The van der Waals surface area contributed by atoms with Gasteiger partial charge in [-0.1, -0.05) is 13.8 Å². The molecule has 0 bridgehead atoms. The van der Waals surface area contributed by atoms with Crippen molar-refractivity contribution in [2.75, 3.05) is 12.3 Å². The summed E-state index contributed by atoms with van der Waals surface area (Å²) in [6, 6.07) is 2.28. The monoisotopic (exact) mass is 350 g/mol. The number of nitro benzene ring substituents is 1. The Morgan fingerprint density at radius 1 is 1.39 bits per heavy atom. The second kappa shape index (κ2) is 8.19. The number of carbonyl (C=O) groups excluding carboxylic acids is 1. The maximum atomic E-state index is 12.6. The predicted molar refractivity (Wildman–Crippen MR) is 81.3 cm³/mol. The number of halogens is 3. The van der Waals surface area contributed by atoms with Crippen LogP contribution in [0.2, 0.25) is 0 Å². The third-order valence-corrected chi connectivity index (χ3v) is 3.95. The number of hydrogen-bond donors (Lipinski definition) is 1. The minimum Gasteiger partial charge on any atom is -0.355 e. The Morgan fingerprint density at radius 3 is 2.57 bits per heavy atom. The molecule has 0 saturated heterocycles. The SMILES string of the molecule is CC(C)CCNC(=O)CSc1ccc(C(F)(F)F)cc1[N+](=O)[O-]. The van der Waals surface area contributed by atoms with Gasteiger partial charge in [0.05, 0.1) is 21.1 Å². The Hall–Kier alpha value is -1.77. The Labute approximate surface area is 135 Å². The Kier molecular flexibility index (Phi) is 6.86. The lowest BCUT2D eigenvalue weighted by molar-refractivity contribution is -0.388. The maximum absolute atomic E-state index is 12.6. The number of nitrogens with zero attached hydrogens (tertiary/aromatic N) is 1. The minimum atomic E-state index is -4.65. The number of carbonyl (C=O) groups is 1. The van der Waals surface area contributed by atoms with E-state index < -0.39 is 22.4 Å². The average Bonchev–Trinajstić information content (AvgIpc) is 2.43. The molecular weight excluding hydrogens is 333 g/mol. The molecule has 1 amide bonds. The van der Waals surface area contributed by atoms with Crippen LogP contribution in [0.1, 0.15) is 25.8 Å². The van der Waals surface area contributed by atoms with E-state index in [2.05, 4.69) is 5.32 Å². The van der Waals surface area contributed by atoms with Gasteiger partial charge in [-0.3, -0.25) is 14.9 Å². The van der Waals surface area contributed by atoms with Crippen LogP contribution in [-0.2, 0) is 11.0 Å². The molecule has 1 N–H and O–H groups in total. The summed E-state index contributed by atoms with van der Waals surface area (Å²) in [6.45, 7) is 4.51. The summed E-state index contributed by atoms with van der Waals surface area (Å²) in [5, 5.41) is 13.6. The summed E-state index contributed by atoms with van der Waals surface area (Å²) in [6.07, 6.45) is -3.85. The van der Waals surface area contributed by atoms with Crippen molar-refractivity contribution in [1.29, 1.82) is 0 Å². The summed E-state index contributed by atoms with van der Waals surface area (Å²) in [5.74, 6) is 0.0217.